The molecule has 0 unspecified atom stereocenters. The minimum Gasteiger partial charge on any atom is -0.478 e. The average Bonchev–Trinajstić information content (AvgIpc) is 3.08. The third-order valence-electron chi connectivity index (χ3n) is 4.42. The van der Waals surface area contributed by atoms with Gasteiger partial charge in [0.05, 0.1) is 5.56 Å². The van der Waals surface area contributed by atoms with Gasteiger partial charge in [-0.2, -0.15) is 13.2 Å². The van der Waals surface area contributed by atoms with Crippen LogP contribution in [0.15, 0.2) is 72.8 Å². The smallest absolute Gasteiger partial charge is 0.416 e. The van der Waals surface area contributed by atoms with Gasteiger partial charge in [-0.25, -0.2) is 4.79 Å². The zero-order chi connectivity index (χ0) is 19.9. The minimum absolute atomic E-state index is 0.242. The zero-order valence-corrected chi connectivity index (χ0v) is 14.2. The van der Waals surface area contributed by atoms with Crippen LogP contribution in [0.5, 0.6) is 11.5 Å². The predicted octanol–water partition coefficient (Wildman–Crippen LogP) is 5.08. The molecule has 0 aromatic heterocycles. The number of aromatic carboxylic acids is 1. The molecular formula is C21H13F3O4. The van der Waals surface area contributed by atoms with Crippen molar-refractivity contribution in [2.24, 2.45) is 0 Å². The number of rotatable bonds is 3. The van der Waals surface area contributed by atoms with Crippen molar-refractivity contribution in [2.75, 3.05) is 0 Å². The molecule has 0 atom stereocenters. The molecule has 0 amide bonds. The molecule has 1 aliphatic rings. The third-order valence-corrected chi connectivity index (χ3v) is 4.42. The summed E-state index contributed by atoms with van der Waals surface area (Å²) >= 11 is 0. The van der Waals surface area contributed by atoms with Gasteiger partial charge in [0.25, 0.3) is 0 Å². The molecule has 28 heavy (non-hydrogen) atoms. The van der Waals surface area contributed by atoms with E-state index in [1.807, 2.05) is 0 Å². The lowest BCUT2D eigenvalue weighted by atomic mass is 9.97. The van der Waals surface area contributed by atoms with Gasteiger partial charge in [-0.15, -0.1) is 0 Å². The van der Waals surface area contributed by atoms with Crippen molar-refractivity contribution in [3.8, 4) is 11.5 Å². The lowest BCUT2D eigenvalue weighted by Crippen LogP contribution is -2.36. The van der Waals surface area contributed by atoms with Crippen LogP contribution in [0.2, 0.25) is 0 Å². The van der Waals surface area contributed by atoms with Crippen LogP contribution in [0.1, 0.15) is 27.0 Å². The Balaban J connectivity index is 1.94. The number of ether oxygens (including phenoxy) is 2. The van der Waals surface area contributed by atoms with Crippen LogP contribution in [0, 0.1) is 0 Å². The van der Waals surface area contributed by atoms with E-state index in [1.165, 1.54) is 0 Å². The maximum atomic E-state index is 13.2. The van der Waals surface area contributed by atoms with Crippen molar-refractivity contribution in [3.05, 3.63) is 95.1 Å². The maximum absolute atomic E-state index is 13.2. The number of benzene rings is 3. The molecule has 0 saturated heterocycles. The highest BCUT2D eigenvalue weighted by Gasteiger charge is 2.48. The lowest BCUT2D eigenvalue weighted by Gasteiger charge is -2.28. The van der Waals surface area contributed by atoms with E-state index >= 15 is 0 Å². The number of alkyl halides is 3. The Morgan fingerprint density at radius 3 is 1.86 bits per heavy atom. The second kappa shape index (κ2) is 6.30. The second-order valence-corrected chi connectivity index (χ2v) is 6.21. The van der Waals surface area contributed by atoms with Gasteiger partial charge in [0.1, 0.15) is 5.56 Å². The molecule has 0 radical (unpaired) electrons. The van der Waals surface area contributed by atoms with E-state index in [4.69, 9.17) is 9.47 Å². The first-order valence-electron chi connectivity index (χ1n) is 8.29. The fourth-order valence-electron chi connectivity index (χ4n) is 3.14. The SMILES string of the molecule is O=C(O)c1cc(C(F)(F)F)cc2c1OC(c1ccccc1)(c1ccccc1)O2. The van der Waals surface area contributed by atoms with Crippen LogP contribution in [0.4, 0.5) is 13.2 Å². The molecule has 142 valence electrons. The molecule has 0 spiro atoms. The zero-order valence-electron chi connectivity index (χ0n) is 14.2. The molecule has 0 aliphatic carbocycles. The summed E-state index contributed by atoms with van der Waals surface area (Å²) in [5, 5.41) is 9.45. The highest BCUT2D eigenvalue weighted by atomic mass is 19.4. The highest BCUT2D eigenvalue weighted by molar-refractivity contribution is 5.92. The number of carbonyl (C=O) groups is 1. The Morgan fingerprint density at radius 1 is 0.857 bits per heavy atom. The van der Waals surface area contributed by atoms with E-state index in [0.29, 0.717) is 17.2 Å². The van der Waals surface area contributed by atoms with Crippen molar-refractivity contribution < 1.29 is 32.5 Å². The van der Waals surface area contributed by atoms with Gasteiger partial charge < -0.3 is 14.6 Å². The summed E-state index contributed by atoms with van der Waals surface area (Å²) in [6, 6.07) is 18.6. The molecule has 4 nitrogen and oxygen atoms in total. The molecule has 1 aliphatic heterocycles. The van der Waals surface area contributed by atoms with Crippen molar-refractivity contribution >= 4 is 5.97 Å². The van der Waals surface area contributed by atoms with E-state index in [9.17, 15) is 23.1 Å². The standard InChI is InChI=1S/C21H13F3O4/c22-21(23,24)15-11-16(19(25)26)18-17(12-15)27-20(28-18,13-7-3-1-4-8-13)14-9-5-2-6-10-14/h1-12H,(H,25,26). The number of fused-ring (bicyclic) bond motifs is 1. The predicted molar refractivity (Wildman–Crippen MR) is 93.3 cm³/mol. The monoisotopic (exact) mass is 386 g/mol. The van der Waals surface area contributed by atoms with Crippen molar-refractivity contribution in [1.82, 2.24) is 0 Å². The topological polar surface area (TPSA) is 55.8 Å². The third kappa shape index (κ3) is 2.85. The lowest BCUT2D eigenvalue weighted by molar-refractivity contribution is -0.137. The Morgan fingerprint density at radius 2 is 1.39 bits per heavy atom. The Hall–Kier alpha value is -3.48. The quantitative estimate of drug-likeness (QED) is 0.682. The van der Waals surface area contributed by atoms with E-state index in [-0.39, 0.29) is 11.5 Å². The first-order chi connectivity index (χ1) is 13.3. The fourth-order valence-corrected chi connectivity index (χ4v) is 3.14. The second-order valence-electron chi connectivity index (χ2n) is 6.21. The van der Waals surface area contributed by atoms with Gasteiger partial charge in [-0.3, -0.25) is 0 Å². The molecule has 0 fully saturated rings. The molecule has 7 heteroatoms. The highest BCUT2D eigenvalue weighted by Crippen LogP contribution is 2.51. The summed E-state index contributed by atoms with van der Waals surface area (Å²) in [6.45, 7) is 0. The van der Waals surface area contributed by atoms with Gasteiger partial charge in [-0.1, -0.05) is 60.7 Å². The Bertz CT molecular complexity index is 991. The van der Waals surface area contributed by atoms with Crippen LogP contribution in [0.25, 0.3) is 0 Å². The molecule has 1 heterocycles. The summed E-state index contributed by atoms with van der Waals surface area (Å²) < 4.78 is 51.6. The molecular weight excluding hydrogens is 373 g/mol. The van der Waals surface area contributed by atoms with E-state index in [0.717, 1.165) is 6.07 Å². The van der Waals surface area contributed by atoms with Gasteiger partial charge in [-0.05, 0) is 12.1 Å². The van der Waals surface area contributed by atoms with Crippen LogP contribution >= 0.6 is 0 Å². The fraction of sp³-hybridized carbons (Fsp3) is 0.0952. The van der Waals surface area contributed by atoms with Crippen molar-refractivity contribution in [2.45, 2.75) is 12.0 Å². The van der Waals surface area contributed by atoms with Crippen LogP contribution in [-0.2, 0) is 12.0 Å². The Kier molecular flexibility index (Phi) is 4.03. The molecule has 1 N–H and O–H groups in total. The summed E-state index contributed by atoms with van der Waals surface area (Å²) in [5.74, 6) is -3.66. The van der Waals surface area contributed by atoms with Gasteiger partial charge in [0.15, 0.2) is 11.5 Å². The number of halogens is 3. The van der Waals surface area contributed by atoms with Crippen LogP contribution < -0.4 is 9.47 Å². The van der Waals surface area contributed by atoms with Crippen LogP contribution in [0.3, 0.4) is 0 Å². The molecule has 0 bridgehead atoms. The maximum Gasteiger partial charge on any atom is 0.416 e. The van der Waals surface area contributed by atoms with Crippen molar-refractivity contribution in [1.29, 1.82) is 0 Å². The van der Waals surface area contributed by atoms with Crippen molar-refractivity contribution in [3.63, 3.8) is 0 Å². The van der Waals surface area contributed by atoms with Gasteiger partial charge >= 0.3 is 17.9 Å². The first-order valence-corrected chi connectivity index (χ1v) is 8.29. The summed E-state index contributed by atoms with van der Waals surface area (Å²) in [5.41, 5.74) is -0.702. The normalized spacial score (nSPS) is 14.7. The molecule has 0 saturated carbocycles. The number of carboxylic acids is 1. The Labute approximate surface area is 157 Å². The van der Waals surface area contributed by atoms with Crippen LogP contribution in [-0.4, -0.2) is 11.1 Å². The van der Waals surface area contributed by atoms with E-state index < -0.39 is 29.1 Å². The molecule has 4 rings (SSSR count). The summed E-state index contributed by atoms with van der Waals surface area (Å²) in [4.78, 5) is 11.6. The number of hydrogen-bond donors (Lipinski definition) is 1. The molecule has 3 aromatic rings. The van der Waals surface area contributed by atoms with E-state index in [1.54, 1.807) is 60.7 Å². The largest absolute Gasteiger partial charge is 0.478 e. The van der Waals surface area contributed by atoms with E-state index in [2.05, 4.69) is 0 Å². The number of hydrogen-bond acceptors (Lipinski definition) is 3. The first kappa shape index (κ1) is 17.9. The van der Waals surface area contributed by atoms with Gasteiger partial charge in [0, 0.05) is 11.1 Å². The summed E-state index contributed by atoms with van der Waals surface area (Å²) in [6.07, 6.45) is -4.73. The average molecular weight is 386 g/mol. The number of carboxylic acid groups (broad SMARTS) is 1. The summed E-state index contributed by atoms with van der Waals surface area (Å²) in [7, 11) is 0. The minimum atomic E-state index is -4.73. The molecule has 3 aromatic carbocycles. The van der Waals surface area contributed by atoms with Gasteiger partial charge in [0.2, 0.25) is 0 Å².